The first-order valence-electron chi connectivity index (χ1n) is 9.92. The molecule has 1 aromatic heterocycles. The Kier molecular flexibility index (Phi) is 5.46. The Bertz CT molecular complexity index is 1110. The Morgan fingerprint density at radius 2 is 1.87 bits per heavy atom. The molecular weight excluding hydrogens is 382 g/mol. The maximum absolute atomic E-state index is 13.2. The summed E-state index contributed by atoms with van der Waals surface area (Å²) in [4.78, 5) is 30.7. The fourth-order valence-corrected chi connectivity index (χ4v) is 4.01. The monoisotopic (exact) mass is 407 g/mol. The normalized spacial score (nSPS) is 14.8. The number of aromatic amines is 1. The number of anilines is 1. The minimum atomic E-state index is -0.553. The highest BCUT2D eigenvalue weighted by Gasteiger charge is 2.28. The molecule has 4 rings (SSSR count). The predicted molar refractivity (Wildman–Crippen MR) is 115 cm³/mol. The zero-order valence-corrected chi connectivity index (χ0v) is 17.3. The first kappa shape index (κ1) is 20.0. The number of H-pyrrole nitrogens is 1. The Morgan fingerprint density at radius 1 is 1.10 bits per heavy atom. The first-order chi connectivity index (χ1) is 14.5. The highest BCUT2D eigenvalue weighted by atomic mass is 16.5. The highest BCUT2D eigenvalue weighted by Crippen LogP contribution is 2.36. The number of rotatable bonds is 5. The molecule has 1 aliphatic rings. The number of nitrogens with zero attached hydrogens (tertiary/aromatic N) is 1. The van der Waals surface area contributed by atoms with Crippen molar-refractivity contribution < 1.29 is 19.1 Å². The van der Waals surface area contributed by atoms with E-state index in [-0.39, 0.29) is 17.6 Å². The van der Waals surface area contributed by atoms with Crippen molar-refractivity contribution in [2.75, 3.05) is 26.1 Å². The fraction of sp³-hybridized carbons (Fsp3) is 0.304. The van der Waals surface area contributed by atoms with Gasteiger partial charge >= 0.3 is 5.97 Å². The molecule has 2 aromatic carbocycles. The van der Waals surface area contributed by atoms with Crippen LogP contribution >= 0.6 is 0 Å². The minimum absolute atomic E-state index is 0.189. The first-order valence-corrected chi connectivity index (χ1v) is 9.92. The molecular formula is C23H25N3O4. The number of nitrogens with one attached hydrogen (secondary N) is 2. The molecule has 0 fully saturated rings. The van der Waals surface area contributed by atoms with Crippen LogP contribution in [0.2, 0.25) is 0 Å². The molecule has 0 saturated carbocycles. The lowest BCUT2D eigenvalue weighted by molar-refractivity contribution is -0.121. The number of esters is 1. The van der Waals surface area contributed by atoms with Crippen LogP contribution in [0.15, 0.2) is 42.5 Å². The van der Waals surface area contributed by atoms with Gasteiger partial charge in [-0.05, 0) is 36.6 Å². The van der Waals surface area contributed by atoms with Crippen LogP contribution < -0.4 is 10.1 Å². The second-order valence-electron chi connectivity index (χ2n) is 7.40. The van der Waals surface area contributed by atoms with Crippen molar-refractivity contribution in [2.24, 2.45) is 0 Å². The minimum Gasteiger partial charge on any atom is -0.496 e. The number of aromatic nitrogens is 1. The van der Waals surface area contributed by atoms with E-state index in [0.717, 1.165) is 13.0 Å². The van der Waals surface area contributed by atoms with E-state index >= 15 is 0 Å². The standard InChI is InChI=1S/C23H25N3O4/c1-14(26-12-11-15-7-4-5-8-16(15)13-26)22(27)25-20-19-17(9-6-10-18(19)29-2)24-21(20)23(28)30-3/h4-10,14,24H,11-13H2,1-3H3,(H,25,27). The van der Waals surface area contributed by atoms with Crippen LogP contribution in [0.1, 0.15) is 28.5 Å². The molecule has 0 aliphatic carbocycles. The number of amides is 1. The third kappa shape index (κ3) is 3.52. The lowest BCUT2D eigenvalue weighted by Gasteiger charge is -2.32. The third-order valence-electron chi connectivity index (χ3n) is 5.73. The lowest BCUT2D eigenvalue weighted by atomic mass is 9.98. The Labute approximate surface area is 175 Å². The van der Waals surface area contributed by atoms with Crippen molar-refractivity contribution in [3.63, 3.8) is 0 Å². The summed E-state index contributed by atoms with van der Waals surface area (Å²) in [5.74, 6) is -0.178. The Morgan fingerprint density at radius 3 is 2.60 bits per heavy atom. The summed E-state index contributed by atoms with van der Waals surface area (Å²) in [5.41, 5.74) is 3.83. The van der Waals surface area contributed by atoms with Crippen molar-refractivity contribution in [3.8, 4) is 5.75 Å². The van der Waals surface area contributed by atoms with Gasteiger partial charge in [-0.2, -0.15) is 0 Å². The van der Waals surface area contributed by atoms with E-state index in [4.69, 9.17) is 9.47 Å². The zero-order chi connectivity index (χ0) is 21.3. The summed E-state index contributed by atoms with van der Waals surface area (Å²) >= 11 is 0. The van der Waals surface area contributed by atoms with Crippen molar-refractivity contribution in [2.45, 2.75) is 25.9 Å². The number of benzene rings is 2. The largest absolute Gasteiger partial charge is 0.496 e. The number of hydrogen-bond acceptors (Lipinski definition) is 5. The van der Waals surface area contributed by atoms with Gasteiger partial charge in [0.2, 0.25) is 5.91 Å². The number of fused-ring (bicyclic) bond motifs is 2. The van der Waals surface area contributed by atoms with Crippen molar-refractivity contribution >= 4 is 28.5 Å². The van der Waals surface area contributed by atoms with Crippen LogP contribution in [0.25, 0.3) is 10.9 Å². The number of methoxy groups -OCH3 is 2. The number of hydrogen-bond donors (Lipinski definition) is 2. The van der Waals surface area contributed by atoms with Gasteiger partial charge in [-0.15, -0.1) is 0 Å². The molecule has 7 heteroatoms. The molecule has 2 heterocycles. The zero-order valence-electron chi connectivity index (χ0n) is 17.3. The second-order valence-corrected chi connectivity index (χ2v) is 7.40. The quantitative estimate of drug-likeness (QED) is 0.634. The fourth-order valence-electron chi connectivity index (χ4n) is 4.01. The summed E-state index contributed by atoms with van der Waals surface area (Å²) in [7, 11) is 2.86. The van der Waals surface area contributed by atoms with Crippen LogP contribution in [0.3, 0.4) is 0 Å². The Hall–Kier alpha value is -3.32. The van der Waals surface area contributed by atoms with E-state index in [0.29, 0.717) is 28.9 Å². The average Bonchev–Trinajstić information content (AvgIpc) is 3.16. The van der Waals surface area contributed by atoms with Gasteiger partial charge in [0.05, 0.1) is 36.9 Å². The van der Waals surface area contributed by atoms with Gasteiger partial charge in [0, 0.05) is 13.1 Å². The molecule has 0 spiro atoms. The van der Waals surface area contributed by atoms with Crippen LogP contribution in [0.4, 0.5) is 5.69 Å². The van der Waals surface area contributed by atoms with Gasteiger partial charge in [0.15, 0.2) is 0 Å². The third-order valence-corrected chi connectivity index (χ3v) is 5.73. The summed E-state index contributed by atoms with van der Waals surface area (Å²) in [5, 5.41) is 3.60. The molecule has 1 unspecified atom stereocenters. The Balaban J connectivity index is 1.63. The summed E-state index contributed by atoms with van der Waals surface area (Å²) in [6.07, 6.45) is 0.905. The van der Waals surface area contributed by atoms with E-state index < -0.39 is 5.97 Å². The van der Waals surface area contributed by atoms with E-state index in [1.807, 2.05) is 31.2 Å². The molecule has 0 bridgehead atoms. The molecule has 0 saturated heterocycles. The molecule has 0 radical (unpaired) electrons. The highest BCUT2D eigenvalue weighted by molar-refractivity contribution is 6.13. The van der Waals surface area contributed by atoms with Gasteiger partial charge in [-0.1, -0.05) is 30.3 Å². The summed E-state index contributed by atoms with van der Waals surface area (Å²) in [6.45, 7) is 3.39. The molecule has 1 amide bonds. The molecule has 30 heavy (non-hydrogen) atoms. The summed E-state index contributed by atoms with van der Waals surface area (Å²) in [6, 6.07) is 13.4. The summed E-state index contributed by atoms with van der Waals surface area (Å²) < 4.78 is 10.4. The average molecular weight is 407 g/mol. The van der Waals surface area contributed by atoms with E-state index in [2.05, 4.69) is 27.3 Å². The number of carbonyl (C=O) groups is 2. The smallest absolute Gasteiger partial charge is 0.356 e. The molecule has 7 nitrogen and oxygen atoms in total. The van der Waals surface area contributed by atoms with Crippen LogP contribution in [-0.4, -0.2) is 48.6 Å². The molecule has 1 aliphatic heterocycles. The molecule has 3 aromatic rings. The van der Waals surface area contributed by atoms with Crippen LogP contribution in [-0.2, 0) is 22.5 Å². The molecule has 1 atom stereocenters. The second kappa shape index (κ2) is 8.20. The maximum Gasteiger partial charge on any atom is 0.356 e. The van der Waals surface area contributed by atoms with Crippen LogP contribution in [0, 0.1) is 0 Å². The van der Waals surface area contributed by atoms with Crippen LogP contribution in [0.5, 0.6) is 5.75 Å². The number of ether oxygens (including phenoxy) is 2. The van der Waals surface area contributed by atoms with Gasteiger partial charge in [0.1, 0.15) is 11.4 Å². The molecule has 156 valence electrons. The van der Waals surface area contributed by atoms with Crippen molar-refractivity contribution in [1.82, 2.24) is 9.88 Å². The SMILES string of the molecule is COC(=O)c1[nH]c2cccc(OC)c2c1NC(=O)C(C)N1CCc2ccccc2C1. The lowest BCUT2D eigenvalue weighted by Crippen LogP contribution is -2.44. The van der Waals surface area contributed by atoms with Gasteiger partial charge < -0.3 is 19.8 Å². The van der Waals surface area contributed by atoms with Gasteiger partial charge in [0.25, 0.3) is 0 Å². The van der Waals surface area contributed by atoms with E-state index in [1.165, 1.54) is 18.2 Å². The van der Waals surface area contributed by atoms with Gasteiger partial charge in [-0.25, -0.2) is 4.79 Å². The topological polar surface area (TPSA) is 83.7 Å². The van der Waals surface area contributed by atoms with Crippen molar-refractivity contribution in [1.29, 1.82) is 0 Å². The van der Waals surface area contributed by atoms with E-state index in [1.54, 1.807) is 13.2 Å². The van der Waals surface area contributed by atoms with Crippen molar-refractivity contribution in [3.05, 3.63) is 59.3 Å². The van der Waals surface area contributed by atoms with E-state index in [9.17, 15) is 9.59 Å². The maximum atomic E-state index is 13.2. The van der Waals surface area contributed by atoms with Gasteiger partial charge in [-0.3, -0.25) is 9.69 Å². The molecule has 2 N–H and O–H groups in total. The predicted octanol–water partition coefficient (Wildman–Crippen LogP) is 3.35. The number of carbonyl (C=O) groups excluding carboxylic acids is 2.